The molecule has 7 nitrogen and oxygen atoms in total. The van der Waals surface area contributed by atoms with Crippen molar-refractivity contribution in [3.05, 3.63) is 77.7 Å². The predicted molar refractivity (Wildman–Crippen MR) is 130 cm³/mol. The molecule has 4 aromatic rings. The number of morpholine rings is 1. The van der Waals surface area contributed by atoms with Crippen molar-refractivity contribution in [1.29, 1.82) is 0 Å². The molecular weight excluding hydrogens is 433 g/mol. The molecule has 34 heavy (non-hydrogen) atoms. The molecule has 1 aliphatic heterocycles. The van der Waals surface area contributed by atoms with E-state index in [0.717, 1.165) is 35.5 Å². The first kappa shape index (κ1) is 22.5. The van der Waals surface area contributed by atoms with Crippen molar-refractivity contribution in [3.8, 4) is 11.1 Å². The third-order valence-electron chi connectivity index (χ3n) is 6.21. The van der Waals surface area contributed by atoms with Crippen molar-refractivity contribution in [3.63, 3.8) is 0 Å². The first-order valence-corrected chi connectivity index (χ1v) is 11.4. The average Bonchev–Trinajstić information content (AvgIpc) is 3.28. The number of hydrogen-bond acceptors (Lipinski definition) is 6. The highest BCUT2D eigenvalue weighted by atomic mass is 19.1. The van der Waals surface area contributed by atoms with Gasteiger partial charge in [0, 0.05) is 49.8 Å². The molecule has 8 heteroatoms. The third kappa shape index (κ3) is 4.79. The highest BCUT2D eigenvalue weighted by Crippen LogP contribution is 2.27. The fraction of sp³-hybridized carbons (Fsp3) is 0.308. The number of nitrogens with zero attached hydrogens (tertiary/aromatic N) is 4. The SMILES string of the molecule is COC(C)c1ccc(Nc2nc3c(-c4ccc(CN5CCOCC5)c(F)c4)cccn3n2)cc1. The lowest BCUT2D eigenvalue weighted by Gasteiger charge is -2.26. The van der Waals surface area contributed by atoms with E-state index in [1.807, 2.05) is 61.7 Å². The van der Waals surface area contributed by atoms with Crippen LogP contribution in [0.4, 0.5) is 16.0 Å². The molecule has 1 aliphatic rings. The van der Waals surface area contributed by atoms with Crippen molar-refractivity contribution in [1.82, 2.24) is 19.5 Å². The molecule has 5 rings (SSSR count). The number of aromatic nitrogens is 3. The fourth-order valence-corrected chi connectivity index (χ4v) is 4.13. The molecule has 1 N–H and O–H groups in total. The number of methoxy groups -OCH3 is 1. The minimum Gasteiger partial charge on any atom is -0.379 e. The first-order valence-electron chi connectivity index (χ1n) is 11.4. The molecule has 0 saturated carbocycles. The Hall–Kier alpha value is -3.33. The topological polar surface area (TPSA) is 63.9 Å². The maximum atomic E-state index is 15.0. The largest absolute Gasteiger partial charge is 0.379 e. The molecule has 176 valence electrons. The Kier molecular flexibility index (Phi) is 6.53. The molecule has 0 amide bonds. The maximum Gasteiger partial charge on any atom is 0.247 e. The van der Waals surface area contributed by atoms with Crippen LogP contribution in [0.15, 0.2) is 60.8 Å². The van der Waals surface area contributed by atoms with Crippen LogP contribution >= 0.6 is 0 Å². The van der Waals surface area contributed by atoms with Gasteiger partial charge in [-0.15, -0.1) is 5.10 Å². The van der Waals surface area contributed by atoms with Gasteiger partial charge in [0.1, 0.15) is 5.82 Å². The molecular formula is C26H28FN5O2. The monoisotopic (exact) mass is 461 g/mol. The summed E-state index contributed by atoms with van der Waals surface area (Å²) in [5.41, 5.74) is 4.91. The quantitative estimate of drug-likeness (QED) is 0.426. The van der Waals surface area contributed by atoms with Crippen molar-refractivity contribution >= 4 is 17.3 Å². The van der Waals surface area contributed by atoms with Gasteiger partial charge < -0.3 is 14.8 Å². The van der Waals surface area contributed by atoms with Crippen LogP contribution in [0.3, 0.4) is 0 Å². The zero-order valence-electron chi connectivity index (χ0n) is 19.4. The number of anilines is 2. The summed E-state index contributed by atoms with van der Waals surface area (Å²) < 4.78 is 27.4. The summed E-state index contributed by atoms with van der Waals surface area (Å²) in [7, 11) is 1.69. The Labute approximate surface area is 198 Å². The minimum atomic E-state index is -0.214. The van der Waals surface area contributed by atoms with Crippen LogP contribution in [-0.4, -0.2) is 52.9 Å². The summed E-state index contributed by atoms with van der Waals surface area (Å²) in [5, 5.41) is 7.79. The molecule has 1 fully saturated rings. The lowest BCUT2D eigenvalue weighted by molar-refractivity contribution is 0.0337. The number of rotatable bonds is 7. The average molecular weight is 462 g/mol. The molecule has 0 aliphatic carbocycles. The lowest BCUT2D eigenvalue weighted by atomic mass is 10.0. The normalized spacial score (nSPS) is 15.5. The van der Waals surface area contributed by atoms with E-state index < -0.39 is 0 Å². The van der Waals surface area contributed by atoms with Gasteiger partial charge in [-0.3, -0.25) is 4.90 Å². The van der Waals surface area contributed by atoms with Gasteiger partial charge in [0.25, 0.3) is 0 Å². The number of halogens is 1. The number of nitrogens with one attached hydrogen (secondary N) is 1. The number of benzene rings is 2. The Balaban J connectivity index is 1.37. The molecule has 0 spiro atoms. The van der Waals surface area contributed by atoms with E-state index in [-0.39, 0.29) is 11.9 Å². The van der Waals surface area contributed by atoms with E-state index in [1.54, 1.807) is 17.7 Å². The van der Waals surface area contributed by atoms with E-state index in [2.05, 4.69) is 20.3 Å². The fourth-order valence-electron chi connectivity index (χ4n) is 4.13. The Bertz CT molecular complexity index is 1270. The summed E-state index contributed by atoms with van der Waals surface area (Å²) in [5.74, 6) is 0.263. The highest BCUT2D eigenvalue weighted by molar-refractivity contribution is 5.78. The summed E-state index contributed by atoms with van der Waals surface area (Å²) in [6.45, 7) is 5.63. The van der Waals surface area contributed by atoms with Gasteiger partial charge in [0.2, 0.25) is 5.95 Å². The van der Waals surface area contributed by atoms with Crippen molar-refractivity contribution in [2.45, 2.75) is 19.6 Å². The zero-order chi connectivity index (χ0) is 23.5. The van der Waals surface area contributed by atoms with Crippen LogP contribution in [0, 0.1) is 5.82 Å². The van der Waals surface area contributed by atoms with E-state index in [0.29, 0.717) is 36.9 Å². The third-order valence-corrected chi connectivity index (χ3v) is 6.21. The van der Waals surface area contributed by atoms with Crippen molar-refractivity contribution < 1.29 is 13.9 Å². The van der Waals surface area contributed by atoms with Crippen LogP contribution in [0.2, 0.25) is 0 Å². The number of fused-ring (bicyclic) bond motifs is 1. The van der Waals surface area contributed by atoms with E-state index in [9.17, 15) is 4.39 Å². The van der Waals surface area contributed by atoms with Gasteiger partial charge in [-0.05, 0) is 48.4 Å². The van der Waals surface area contributed by atoms with Gasteiger partial charge in [0.15, 0.2) is 5.65 Å². The Morgan fingerprint density at radius 2 is 1.91 bits per heavy atom. The smallest absolute Gasteiger partial charge is 0.247 e. The van der Waals surface area contributed by atoms with E-state index >= 15 is 0 Å². The molecule has 2 aromatic heterocycles. The summed E-state index contributed by atoms with van der Waals surface area (Å²) >= 11 is 0. The second-order valence-corrected chi connectivity index (χ2v) is 8.45. The molecule has 2 aromatic carbocycles. The number of pyridine rings is 1. The molecule has 0 radical (unpaired) electrons. The summed E-state index contributed by atoms with van der Waals surface area (Å²) in [4.78, 5) is 6.88. The van der Waals surface area contributed by atoms with Crippen LogP contribution in [0.1, 0.15) is 24.2 Å². The number of ether oxygens (including phenoxy) is 2. The lowest BCUT2D eigenvalue weighted by Crippen LogP contribution is -2.35. The zero-order valence-corrected chi connectivity index (χ0v) is 19.4. The molecule has 0 bridgehead atoms. The standard InChI is InChI=1S/C26H28FN5O2/c1-18(33-2)19-7-9-22(10-8-19)28-26-29-25-23(4-3-11-32(25)30-26)20-5-6-21(24(27)16-20)17-31-12-14-34-15-13-31/h3-11,16,18H,12-15,17H2,1-2H3,(H,28,30). The van der Waals surface area contributed by atoms with Crippen LogP contribution in [0.25, 0.3) is 16.8 Å². The first-order chi connectivity index (χ1) is 16.6. The van der Waals surface area contributed by atoms with Gasteiger partial charge in [-0.1, -0.05) is 24.3 Å². The van der Waals surface area contributed by atoms with Crippen LogP contribution in [0.5, 0.6) is 0 Å². The predicted octanol–water partition coefficient (Wildman–Crippen LogP) is 4.82. The molecule has 3 heterocycles. The van der Waals surface area contributed by atoms with Gasteiger partial charge in [-0.25, -0.2) is 8.91 Å². The molecule has 1 unspecified atom stereocenters. The van der Waals surface area contributed by atoms with Crippen molar-refractivity contribution in [2.24, 2.45) is 0 Å². The summed E-state index contributed by atoms with van der Waals surface area (Å²) in [6, 6.07) is 17.2. The van der Waals surface area contributed by atoms with Gasteiger partial charge >= 0.3 is 0 Å². The maximum absolute atomic E-state index is 15.0. The van der Waals surface area contributed by atoms with Crippen LogP contribution in [-0.2, 0) is 16.0 Å². The highest BCUT2D eigenvalue weighted by Gasteiger charge is 2.15. The van der Waals surface area contributed by atoms with Crippen molar-refractivity contribution in [2.75, 3.05) is 38.7 Å². The van der Waals surface area contributed by atoms with E-state index in [4.69, 9.17) is 9.47 Å². The van der Waals surface area contributed by atoms with Gasteiger partial charge in [-0.2, -0.15) is 4.98 Å². The van der Waals surface area contributed by atoms with Crippen LogP contribution < -0.4 is 5.32 Å². The second kappa shape index (κ2) is 9.89. The molecule has 1 atom stereocenters. The minimum absolute atomic E-state index is 0.0329. The summed E-state index contributed by atoms with van der Waals surface area (Å²) in [6.07, 6.45) is 1.87. The Morgan fingerprint density at radius 3 is 2.65 bits per heavy atom. The van der Waals surface area contributed by atoms with Gasteiger partial charge in [0.05, 0.1) is 19.3 Å². The second-order valence-electron chi connectivity index (χ2n) is 8.45. The van der Waals surface area contributed by atoms with E-state index in [1.165, 1.54) is 0 Å². The Morgan fingerprint density at radius 1 is 1.12 bits per heavy atom. The number of hydrogen-bond donors (Lipinski definition) is 1. The molecule has 1 saturated heterocycles.